The summed E-state index contributed by atoms with van der Waals surface area (Å²) in [6.45, 7) is 3.83. The van der Waals surface area contributed by atoms with E-state index in [1.807, 2.05) is 13.1 Å². The van der Waals surface area contributed by atoms with Crippen LogP contribution in [-0.2, 0) is 0 Å². The maximum absolute atomic E-state index is 5.71. The highest BCUT2D eigenvalue weighted by Crippen LogP contribution is 2.25. The Hall–Kier alpha value is -1.83. The van der Waals surface area contributed by atoms with E-state index in [1.54, 1.807) is 17.6 Å². The molecular weight excluding hydrogens is 358 g/mol. The Kier molecular flexibility index (Phi) is 7.32. The van der Waals surface area contributed by atoms with Gasteiger partial charge in [0, 0.05) is 25.0 Å². The second-order valence-corrected chi connectivity index (χ2v) is 8.08. The van der Waals surface area contributed by atoms with Gasteiger partial charge in [-0.1, -0.05) is 6.07 Å². The Morgan fingerprint density at radius 3 is 2.59 bits per heavy atom. The zero-order valence-electron chi connectivity index (χ0n) is 16.5. The summed E-state index contributed by atoms with van der Waals surface area (Å²) in [4.78, 5) is 10.5. The summed E-state index contributed by atoms with van der Waals surface area (Å²) in [5.41, 5.74) is 0. The summed E-state index contributed by atoms with van der Waals surface area (Å²) in [6.07, 6.45) is 4.28. The minimum Gasteiger partial charge on any atom is -0.468 e. The van der Waals surface area contributed by atoms with Crippen LogP contribution in [0.3, 0.4) is 0 Å². The number of rotatable bonds is 8. The molecule has 2 atom stereocenters. The highest BCUT2D eigenvalue weighted by atomic mass is 32.1. The Labute approximate surface area is 166 Å². The molecule has 0 spiro atoms. The summed E-state index contributed by atoms with van der Waals surface area (Å²) in [7, 11) is 6.05. The van der Waals surface area contributed by atoms with Crippen molar-refractivity contribution in [1.82, 2.24) is 20.4 Å². The molecule has 6 nitrogen and oxygen atoms in total. The molecule has 27 heavy (non-hydrogen) atoms. The van der Waals surface area contributed by atoms with Gasteiger partial charge < -0.3 is 20.0 Å². The van der Waals surface area contributed by atoms with E-state index in [0.29, 0.717) is 6.04 Å². The quantitative estimate of drug-likeness (QED) is 0.537. The van der Waals surface area contributed by atoms with E-state index in [-0.39, 0.29) is 6.04 Å². The van der Waals surface area contributed by atoms with Crippen molar-refractivity contribution < 1.29 is 4.42 Å². The van der Waals surface area contributed by atoms with Crippen LogP contribution in [0.1, 0.15) is 35.6 Å². The van der Waals surface area contributed by atoms with E-state index in [1.165, 1.54) is 17.7 Å². The summed E-state index contributed by atoms with van der Waals surface area (Å²) >= 11 is 1.79. The van der Waals surface area contributed by atoms with Crippen LogP contribution >= 0.6 is 11.3 Å². The lowest BCUT2D eigenvalue weighted by atomic mass is 10.2. The molecule has 2 N–H and O–H groups in total. The minimum atomic E-state index is 0.239. The Morgan fingerprint density at radius 1 is 1.22 bits per heavy atom. The van der Waals surface area contributed by atoms with E-state index in [4.69, 9.17) is 4.42 Å². The smallest absolute Gasteiger partial charge is 0.191 e. The third kappa shape index (κ3) is 5.34. The monoisotopic (exact) mass is 389 g/mol. The lowest BCUT2D eigenvalue weighted by Crippen LogP contribution is -2.44. The molecule has 0 aliphatic carbocycles. The molecule has 2 aromatic heterocycles. The number of aliphatic imine (C=N–C) groups is 1. The van der Waals surface area contributed by atoms with Crippen LogP contribution in [0.4, 0.5) is 0 Å². The number of likely N-dealkylation sites (tertiary alicyclic amines) is 1. The normalized spacial score (nSPS) is 18.0. The molecule has 3 heterocycles. The van der Waals surface area contributed by atoms with Crippen LogP contribution in [-0.4, -0.2) is 63.1 Å². The van der Waals surface area contributed by atoms with Gasteiger partial charge in [0.2, 0.25) is 0 Å². The number of likely N-dealkylation sites (N-methyl/N-ethyl adjacent to an activating group) is 1. The average Bonchev–Trinajstić information content (AvgIpc) is 3.43. The highest BCUT2D eigenvalue weighted by molar-refractivity contribution is 7.10. The van der Waals surface area contributed by atoms with E-state index in [0.717, 1.165) is 37.9 Å². The summed E-state index contributed by atoms with van der Waals surface area (Å²) in [6, 6.07) is 8.89. The molecule has 0 saturated carbocycles. The highest BCUT2D eigenvalue weighted by Gasteiger charge is 2.25. The standard InChI is InChI=1S/C20H31N5OS/c1-21-20(23-15-17(24(2)3)19-9-7-13-27-19)22-14-16(18-8-6-12-26-18)25-10-4-5-11-25/h6-9,12-13,16-17H,4-5,10-11,14-15H2,1-3H3,(H2,21,22,23). The second kappa shape index (κ2) is 9.92. The van der Waals surface area contributed by atoms with Crippen molar-refractivity contribution in [2.75, 3.05) is 47.3 Å². The second-order valence-electron chi connectivity index (χ2n) is 7.10. The van der Waals surface area contributed by atoms with Crippen molar-refractivity contribution in [2.24, 2.45) is 4.99 Å². The van der Waals surface area contributed by atoms with E-state index < -0.39 is 0 Å². The van der Waals surface area contributed by atoms with Gasteiger partial charge in [-0.25, -0.2) is 0 Å². The molecule has 1 saturated heterocycles. The predicted octanol–water partition coefficient (Wildman–Crippen LogP) is 2.95. The van der Waals surface area contributed by atoms with Crippen LogP contribution in [0.2, 0.25) is 0 Å². The number of furan rings is 1. The van der Waals surface area contributed by atoms with Crippen LogP contribution in [0, 0.1) is 0 Å². The zero-order valence-corrected chi connectivity index (χ0v) is 17.3. The number of thiophene rings is 1. The van der Waals surface area contributed by atoms with Gasteiger partial charge in [-0.05, 0) is 63.6 Å². The molecule has 1 aliphatic rings. The number of nitrogens with zero attached hydrogens (tertiary/aromatic N) is 3. The third-order valence-electron chi connectivity index (χ3n) is 5.10. The number of guanidine groups is 1. The Bertz CT molecular complexity index is 677. The van der Waals surface area contributed by atoms with E-state index >= 15 is 0 Å². The van der Waals surface area contributed by atoms with Gasteiger partial charge in [0.15, 0.2) is 5.96 Å². The lowest BCUT2D eigenvalue weighted by Gasteiger charge is -2.28. The van der Waals surface area contributed by atoms with Gasteiger partial charge in [0.25, 0.3) is 0 Å². The lowest BCUT2D eigenvalue weighted by molar-refractivity contribution is 0.215. The molecule has 2 unspecified atom stereocenters. The third-order valence-corrected chi connectivity index (χ3v) is 6.07. The van der Waals surface area contributed by atoms with E-state index in [2.05, 4.69) is 63.1 Å². The van der Waals surface area contributed by atoms with Crippen LogP contribution in [0.5, 0.6) is 0 Å². The van der Waals surface area contributed by atoms with Gasteiger partial charge in [-0.3, -0.25) is 9.89 Å². The summed E-state index contributed by atoms with van der Waals surface area (Å²) in [5.74, 6) is 1.85. The maximum atomic E-state index is 5.71. The average molecular weight is 390 g/mol. The van der Waals surface area contributed by atoms with Crippen LogP contribution in [0.25, 0.3) is 0 Å². The molecule has 0 radical (unpaired) electrons. The van der Waals surface area contributed by atoms with Crippen molar-refractivity contribution in [3.05, 3.63) is 46.5 Å². The fraction of sp³-hybridized carbons (Fsp3) is 0.550. The topological polar surface area (TPSA) is 56.0 Å². The van der Waals surface area contributed by atoms with Crippen molar-refractivity contribution >= 4 is 17.3 Å². The molecule has 2 aromatic rings. The van der Waals surface area contributed by atoms with E-state index in [9.17, 15) is 0 Å². The van der Waals surface area contributed by atoms with Crippen molar-refractivity contribution in [1.29, 1.82) is 0 Å². The number of hydrogen-bond donors (Lipinski definition) is 2. The van der Waals surface area contributed by atoms with Gasteiger partial charge in [0.05, 0.1) is 18.3 Å². The van der Waals surface area contributed by atoms with Crippen LogP contribution in [0.15, 0.2) is 45.3 Å². The number of hydrogen-bond acceptors (Lipinski definition) is 5. The first kappa shape index (κ1) is 19.9. The van der Waals surface area contributed by atoms with Gasteiger partial charge in [0.1, 0.15) is 5.76 Å². The molecule has 0 aromatic carbocycles. The SMILES string of the molecule is CN=C(NCC(c1cccs1)N(C)C)NCC(c1ccco1)N1CCCC1. The van der Waals surface area contributed by atoms with Crippen molar-refractivity contribution in [3.63, 3.8) is 0 Å². The molecule has 148 valence electrons. The maximum Gasteiger partial charge on any atom is 0.191 e. The molecule has 3 rings (SSSR count). The number of nitrogens with one attached hydrogen (secondary N) is 2. The van der Waals surface area contributed by atoms with Gasteiger partial charge in [-0.15, -0.1) is 11.3 Å². The predicted molar refractivity (Wildman–Crippen MR) is 112 cm³/mol. The first-order valence-electron chi connectivity index (χ1n) is 9.61. The molecular formula is C20H31N5OS. The minimum absolute atomic E-state index is 0.239. The molecule has 1 aliphatic heterocycles. The molecule has 1 fully saturated rings. The fourth-order valence-corrected chi connectivity index (χ4v) is 4.49. The largest absolute Gasteiger partial charge is 0.468 e. The van der Waals surface area contributed by atoms with Crippen molar-refractivity contribution in [3.8, 4) is 0 Å². The molecule has 0 bridgehead atoms. The summed E-state index contributed by atoms with van der Waals surface area (Å²) in [5, 5.41) is 9.11. The summed E-state index contributed by atoms with van der Waals surface area (Å²) < 4.78 is 5.71. The Balaban J connectivity index is 1.57. The van der Waals surface area contributed by atoms with Gasteiger partial charge in [-0.2, -0.15) is 0 Å². The van der Waals surface area contributed by atoms with Gasteiger partial charge >= 0.3 is 0 Å². The van der Waals surface area contributed by atoms with Crippen molar-refractivity contribution in [2.45, 2.75) is 24.9 Å². The fourth-order valence-electron chi connectivity index (χ4n) is 3.57. The Morgan fingerprint density at radius 2 is 2.00 bits per heavy atom. The molecule has 0 amide bonds. The first-order valence-corrected chi connectivity index (χ1v) is 10.5. The first-order chi connectivity index (χ1) is 13.2. The zero-order chi connectivity index (χ0) is 19.1. The molecule has 7 heteroatoms. The van der Waals surface area contributed by atoms with Crippen LogP contribution < -0.4 is 10.6 Å².